The molecule has 150 valence electrons. The third kappa shape index (κ3) is 4.11. The number of fused-ring (bicyclic) bond motifs is 1. The molecule has 6 heteroatoms. The number of aromatic nitrogens is 1. The highest BCUT2D eigenvalue weighted by atomic mass is 35.5. The third-order valence-electron chi connectivity index (χ3n) is 4.60. The summed E-state index contributed by atoms with van der Waals surface area (Å²) in [6.45, 7) is 2.40. The van der Waals surface area contributed by atoms with Gasteiger partial charge < -0.3 is 10.1 Å². The van der Waals surface area contributed by atoms with Crippen molar-refractivity contribution in [2.75, 3.05) is 11.9 Å². The summed E-state index contributed by atoms with van der Waals surface area (Å²) in [4.78, 5) is 18.0. The van der Waals surface area contributed by atoms with Crippen LogP contribution in [0.4, 0.5) is 5.69 Å². The van der Waals surface area contributed by atoms with Crippen molar-refractivity contribution in [2.45, 2.75) is 6.92 Å². The lowest BCUT2D eigenvalue weighted by atomic mass is 10.0. The number of rotatable bonds is 5. The van der Waals surface area contributed by atoms with Crippen LogP contribution < -0.4 is 10.1 Å². The second-order valence-corrected chi connectivity index (χ2v) is 7.42. The van der Waals surface area contributed by atoms with Gasteiger partial charge in [-0.05, 0) is 49.4 Å². The van der Waals surface area contributed by atoms with E-state index in [1.54, 1.807) is 24.3 Å². The van der Waals surface area contributed by atoms with E-state index in [-0.39, 0.29) is 5.91 Å². The Kier molecular flexibility index (Phi) is 5.88. The minimum absolute atomic E-state index is 0.257. The van der Waals surface area contributed by atoms with Gasteiger partial charge in [-0.15, -0.1) is 0 Å². The number of pyridine rings is 1. The second kappa shape index (κ2) is 8.74. The lowest BCUT2D eigenvalue weighted by Crippen LogP contribution is -2.14. The molecule has 0 aliphatic rings. The van der Waals surface area contributed by atoms with Crippen LogP contribution in [0, 0.1) is 0 Å². The van der Waals surface area contributed by atoms with Crippen LogP contribution in [0.3, 0.4) is 0 Å². The molecule has 30 heavy (non-hydrogen) atoms. The fraction of sp³-hybridized carbons (Fsp3) is 0.0833. The molecule has 0 bridgehead atoms. The van der Waals surface area contributed by atoms with Gasteiger partial charge >= 0.3 is 0 Å². The van der Waals surface area contributed by atoms with Crippen molar-refractivity contribution in [1.29, 1.82) is 0 Å². The van der Waals surface area contributed by atoms with Crippen molar-refractivity contribution in [3.63, 3.8) is 0 Å². The highest BCUT2D eigenvalue weighted by Crippen LogP contribution is 2.32. The molecule has 3 aromatic carbocycles. The fourth-order valence-corrected chi connectivity index (χ4v) is 3.74. The lowest BCUT2D eigenvalue weighted by molar-refractivity contribution is 0.102. The molecule has 0 unspecified atom stereocenters. The van der Waals surface area contributed by atoms with E-state index in [2.05, 4.69) is 5.32 Å². The van der Waals surface area contributed by atoms with E-state index >= 15 is 0 Å². The quantitative estimate of drug-likeness (QED) is 0.371. The third-order valence-corrected chi connectivity index (χ3v) is 5.15. The molecule has 0 atom stereocenters. The zero-order valence-corrected chi connectivity index (χ0v) is 17.7. The van der Waals surface area contributed by atoms with Crippen molar-refractivity contribution < 1.29 is 9.53 Å². The topological polar surface area (TPSA) is 51.2 Å². The van der Waals surface area contributed by atoms with Crippen molar-refractivity contribution >= 4 is 45.7 Å². The van der Waals surface area contributed by atoms with E-state index in [4.69, 9.17) is 32.9 Å². The number of carbonyl (C=O) groups excluding carboxylic acids is 1. The van der Waals surface area contributed by atoms with Crippen molar-refractivity contribution in [3.8, 4) is 17.0 Å². The fourth-order valence-electron chi connectivity index (χ4n) is 3.24. The van der Waals surface area contributed by atoms with Crippen LogP contribution in [-0.2, 0) is 0 Å². The van der Waals surface area contributed by atoms with Gasteiger partial charge in [0.05, 0.1) is 34.1 Å². The van der Waals surface area contributed by atoms with E-state index in [1.165, 1.54) is 0 Å². The Labute approximate surface area is 184 Å². The van der Waals surface area contributed by atoms with Crippen molar-refractivity contribution in [1.82, 2.24) is 4.98 Å². The van der Waals surface area contributed by atoms with Gasteiger partial charge in [0.25, 0.3) is 5.91 Å². The summed E-state index contributed by atoms with van der Waals surface area (Å²) < 4.78 is 5.62. The first-order valence-corrected chi connectivity index (χ1v) is 10.2. The predicted octanol–water partition coefficient (Wildman–Crippen LogP) is 6.86. The molecule has 4 aromatic rings. The van der Waals surface area contributed by atoms with E-state index in [1.807, 2.05) is 55.5 Å². The number of ether oxygens (including phenoxy) is 1. The molecular formula is C24H18Cl2N2O2. The molecule has 0 aliphatic carbocycles. The Morgan fingerprint density at radius 2 is 1.77 bits per heavy atom. The molecule has 0 aliphatic heterocycles. The van der Waals surface area contributed by atoms with Gasteiger partial charge in [-0.1, -0.05) is 53.5 Å². The summed E-state index contributed by atoms with van der Waals surface area (Å²) in [6.07, 6.45) is 0. The molecule has 0 radical (unpaired) electrons. The number of para-hydroxylation sites is 3. The highest BCUT2D eigenvalue weighted by molar-refractivity contribution is 6.36. The van der Waals surface area contributed by atoms with Gasteiger partial charge in [0, 0.05) is 16.0 Å². The number of hydrogen-bond donors (Lipinski definition) is 1. The van der Waals surface area contributed by atoms with Crippen molar-refractivity contribution in [2.24, 2.45) is 0 Å². The first-order valence-electron chi connectivity index (χ1n) is 9.45. The monoisotopic (exact) mass is 436 g/mol. The number of anilines is 1. The van der Waals surface area contributed by atoms with Crippen LogP contribution in [0.15, 0.2) is 72.8 Å². The summed E-state index contributed by atoms with van der Waals surface area (Å²) in [7, 11) is 0. The van der Waals surface area contributed by atoms with Crippen LogP contribution in [0.2, 0.25) is 10.0 Å². The minimum atomic E-state index is -0.257. The van der Waals surface area contributed by atoms with E-state index < -0.39 is 0 Å². The number of benzene rings is 3. The standard InChI is InChI=1S/C24H18Cl2N2O2/c1-2-30-23-10-6-5-9-21(23)28-24(29)18-14-22(17-12-11-15(25)13-19(17)26)27-20-8-4-3-7-16(18)20/h3-14H,2H2,1H3,(H,28,29). The largest absolute Gasteiger partial charge is 0.492 e. The summed E-state index contributed by atoms with van der Waals surface area (Å²) in [5, 5.41) is 4.72. The number of halogens is 2. The molecule has 0 saturated heterocycles. The predicted molar refractivity (Wildman–Crippen MR) is 123 cm³/mol. The molecule has 1 N–H and O–H groups in total. The zero-order chi connectivity index (χ0) is 21.1. The van der Waals surface area contributed by atoms with Crippen molar-refractivity contribution in [3.05, 3.63) is 88.4 Å². The van der Waals surface area contributed by atoms with Gasteiger partial charge in [-0.2, -0.15) is 0 Å². The van der Waals surface area contributed by atoms with Gasteiger partial charge in [-0.25, -0.2) is 4.98 Å². The lowest BCUT2D eigenvalue weighted by Gasteiger charge is -2.14. The van der Waals surface area contributed by atoms with Gasteiger partial charge in [0.1, 0.15) is 5.75 Å². The normalized spacial score (nSPS) is 10.8. The van der Waals surface area contributed by atoms with Crippen LogP contribution in [0.25, 0.3) is 22.2 Å². The maximum Gasteiger partial charge on any atom is 0.256 e. The van der Waals surface area contributed by atoms with E-state index in [9.17, 15) is 4.79 Å². The summed E-state index contributed by atoms with van der Waals surface area (Å²) in [5.74, 6) is 0.361. The molecule has 1 aromatic heterocycles. The molecule has 0 saturated carbocycles. The Balaban J connectivity index is 1.81. The molecule has 4 rings (SSSR count). The first-order chi connectivity index (χ1) is 14.6. The minimum Gasteiger partial charge on any atom is -0.492 e. The first kappa shape index (κ1) is 20.2. The number of amides is 1. The van der Waals surface area contributed by atoms with E-state index in [0.717, 1.165) is 5.39 Å². The van der Waals surface area contributed by atoms with Crippen LogP contribution in [0.5, 0.6) is 5.75 Å². The molecule has 1 heterocycles. The second-order valence-electron chi connectivity index (χ2n) is 6.58. The summed E-state index contributed by atoms with van der Waals surface area (Å²) in [5.41, 5.74) is 3.10. The van der Waals surface area contributed by atoms with E-state index in [0.29, 0.717) is 50.4 Å². The summed E-state index contributed by atoms with van der Waals surface area (Å²) >= 11 is 12.4. The Morgan fingerprint density at radius 3 is 2.57 bits per heavy atom. The Morgan fingerprint density at radius 1 is 1.00 bits per heavy atom. The zero-order valence-electron chi connectivity index (χ0n) is 16.2. The van der Waals surface area contributed by atoms with Crippen LogP contribution in [-0.4, -0.2) is 17.5 Å². The summed E-state index contributed by atoms with van der Waals surface area (Å²) in [6, 6.07) is 21.8. The molecule has 4 nitrogen and oxygen atoms in total. The van der Waals surface area contributed by atoms with Crippen LogP contribution >= 0.6 is 23.2 Å². The SMILES string of the molecule is CCOc1ccccc1NC(=O)c1cc(-c2ccc(Cl)cc2Cl)nc2ccccc12. The molecule has 1 amide bonds. The maximum atomic E-state index is 13.3. The maximum absolute atomic E-state index is 13.3. The smallest absolute Gasteiger partial charge is 0.256 e. The molecule has 0 spiro atoms. The van der Waals surface area contributed by atoms with Gasteiger partial charge in [0.15, 0.2) is 0 Å². The molecular weight excluding hydrogens is 419 g/mol. The highest BCUT2D eigenvalue weighted by Gasteiger charge is 2.17. The Bertz CT molecular complexity index is 1240. The number of nitrogens with one attached hydrogen (secondary N) is 1. The number of carbonyl (C=O) groups is 1. The molecule has 0 fully saturated rings. The average molecular weight is 437 g/mol. The number of nitrogens with zero attached hydrogens (tertiary/aromatic N) is 1. The number of hydrogen-bond acceptors (Lipinski definition) is 3. The van der Waals surface area contributed by atoms with Gasteiger partial charge in [0.2, 0.25) is 0 Å². The average Bonchev–Trinajstić information content (AvgIpc) is 2.74. The van der Waals surface area contributed by atoms with Gasteiger partial charge in [-0.3, -0.25) is 4.79 Å². The van der Waals surface area contributed by atoms with Crippen LogP contribution in [0.1, 0.15) is 17.3 Å². The Hall–Kier alpha value is -3.08.